The first-order valence-electron chi connectivity index (χ1n) is 8.85. The highest BCUT2D eigenvalue weighted by atomic mass is 16.6. The summed E-state index contributed by atoms with van der Waals surface area (Å²) in [5, 5.41) is 23.4. The van der Waals surface area contributed by atoms with E-state index in [9.17, 15) is 24.8 Å². The third-order valence-electron chi connectivity index (χ3n) is 4.54. The molecule has 0 aliphatic heterocycles. The van der Waals surface area contributed by atoms with Crippen LogP contribution in [-0.2, 0) is 4.79 Å². The number of carboxylic acids is 1. The number of non-ortho nitro benzene ring substituents is 1. The van der Waals surface area contributed by atoms with Gasteiger partial charge in [-0.05, 0) is 23.3 Å². The number of nitrogens with one attached hydrogen (secondary N) is 1. The highest BCUT2D eigenvalue weighted by Gasteiger charge is 2.32. The van der Waals surface area contributed by atoms with Gasteiger partial charge >= 0.3 is 5.97 Å². The van der Waals surface area contributed by atoms with Gasteiger partial charge in [-0.25, -0.2) is 4.79 Å². The number of benzene rings is 3. The van der Waals surface area contributed by atoms with Crippen LogP contribution >= 0.6 is 0 Å². The lowest BCUT2D eigenvalue weighted by atomic mass is 9.84. The average Bonchev–Trinajstić information content (AvgIpc) is 2.75. The summed E-state index contributed by atoms with van der Waals surface area (Å²) in [6.07, 6.45) is 0. The topological polar surface area (TPSA) is 110 Å². The first kappa shape index (κ1) is 19.8. The Bertz CT molecular complexity index is 1000. The van der Waals surface area contributed by atoms with Crippen LogP contribution in [0.5, 0.6) is 0 Å². The second-order valence-electron chi connectivity index (χ2n) is 6.39. The second-order valence-corrected chi connectivity index (χ2v) is 6.39. The third-order valence-corrected chi connectivity index (χ3v) is 4.54. The maximum atomic E-state index is 12.6. The van der Waals surface area contributed by atoms with Gasteiger partial charge in [0.2, 0.25) is 0 Å². The van der Waals surface area contributed by atoms with Crippen LogP contribution in [0.1, 0.15) is 27.4 Å². The van der Waals surface area contributed by atoms with Gasteiger partial charge in [-0.2, -0.15) is 0 Å². The van der Waals surface area contributed by atoms with Crippen molar-refractivity contribution in [2.24, 2.45) is 0 Å². The summed E-state index contributed by atoms with van der Waals surface area (Å²) in [6, 6.07) is 21.6. The standard InChI is InChI=1S/C22H18N2O5/c25-21(17-9-5-2-6-10-17)23-20(22(26)27)19(15-7-3-1-4-8-15)16-11-13-18(14-12-16)24(28)29/h1-14,19-20H,(H,23,25)(H,26,27). The Kier molecular flexibility index (Phi) is 5.99. The van der Waals surface area contributed by atoms with Crippen molar-refractivity contribution in [3.8, 4) is 0 Å². The van der Waals surface area contributed by atoms with E-state index in [2.05, 4.69) is 5.32 Å². The van der Waals surface area contributed by atoms with E-state index >= 15 is 0 Å². The zero-order valence-corrected chi connectivity index (χ0v) is 15.3. The molecule has 0 saturated carbocycles. The second kappa shape index (κ2) is 8.79. The van der Waals surface area contributed by atoms with Gasteiger partial charge in [0, 0.05) is 23.6 Å². The van der Waals surface area contributed by atoms with Crippen molar-refractivity contribution in [2.75, 3.05) is 0 Å². The van der Waals surface area contributed by atoms with Crippen molar-refractivity contribution >= 4 is 17.6 Å². The maximum Gasteiger partial charge on any atom is 0.327 e. The molecule has 7 nitrogen and oxygen atoms in total. The average molecular weight is 390 g/mol. The molecule has 0 aliphatic carbocycles. The first-order valence-corrected chi connectivity index (χ1v) is 8.85. The summed E-state index contributed by atoms with van der Waals surface area (Å²) in [4.78, 5) is 35.1. The van der Waals surface area contributed by atoms with E-state index in [1.165, 1.54) is 24.3 Å². The van der Waals surface area contributed by atoms with E-state index < -0.39 is 28.8 Å². The van der Waals surface area contributed by atoms with E-state index in [1.54, 1.807) is 60.7 Å². The van der Waals surface area contributed by atoms with Crippen molar-refractivity contribution in [2.45, 2.75) is 12.0 Å². The minimum absolute atomic E-state index is 0.0965. The number of carbonyl (C=O) groups is 2. The minimum atomic E-state index is -1.27. The van der Waals surface area contributed by atoms with Crippen molar-refractivity contribution < 1.29 is 19.6 Å². The van der Waals surface area contributed by atoms with Gasteiger partial charge in [0.1, 0.15) is 6.04 Å². The monoisotopic (exact) mass is 390 g/mol. The SMILES string of the molecule is O=C(NC(C(=O)O)C(c1ccccc1)c1ccc([N+](=O)[O-])cc1)c1ccccc1. The molecule has 0 spiro atoms. The number of hydrogen-bond donors (Lipinski definition) is 2. The number of aliphatic carboxylic acids is 1. The lowest BCUT2D eigenvalue weighted by molar-refractivity contribution is -0.384. The van der Waals surface area contributed by atoms with Gasteiger partial charge in [-0.1, -0.05) is 60.7 Å². The Balaban J connectivity index is 2.01. The highest BCUT2D eigenvalue weighted by Crippen LogP contribution is 2.30. The lowest BCUT2D eigenvalue weighted by Gasteiger charge is -2.26. The van der Waals surface area contributed by atoms with Gasteiger partial charge in [-0.3, -0.25) is 14.9 Å². The fourth-order valence-corrected chi connectivity index (χ4v) is 3.14. The molecule has 3 aromatic rings. The van der Waals surface area contributed by atoms with E-state index in [0.717, 1.165) is 0 Å². The van der Waals surface area contributed by atoms with Crippen LogP contribution in [0.4, 0.5) is 5.69 Å². The van der Waals surface area contributed by atoms with E-state index in [-0.39, 0.29) is 5.69 Å². The number of carbonyl (C=O) groups excluding carboxylic acids is 1. The normalized spacial score (nSPS) is 12.6. The van der Waals surface area contributed by atoms with Crippen LogP contribution in [0.15, 0.2) is 84.9 Å². The highest BCUT2D eigenvalue weighted by molar-refractivity contribution is 5.97. The zero-order chi connectivity index (χ0) is 20.8. The van der Waals surface area contributed by atoms with E-state index in [0.29, 0.717) is 16.7 Å². The number of carboxylic acid groups (broad SMARTS) is 1. The number of nitro groups is 1. The molecule has 0 radical (unpaired) electrons. The fourth-order valence-electron chi connectivity index (χ4n) is 3.14. The molecule has 2 unspecified atom stereocenters. The molecule has 0 aliphatic rings. The fraction of sp³-hybridized carbons (Fsp3) is 0.0909. The molecule has 1 amide bonds. The Morgan fingerprint density at radius 3 is 1.86 bits per heavy atom. The molecule has 0 fully saturated rings. The van der Waals surface area contributed by atoms with Gasteiger partial charge in [0.25, 0.3) is 11.6 Å². The lowest BCUT2D eigenvalue weighted by Crippen LogP contribution is -2.45. The summed E-state index contributed by atoms with van der Waals surface area (Å²) in [5.41, 5.74) is 1.46. The molecule has 3 rings (SSSR count). The number of nitro benzene ring substituents is 1. The molecule has 7 heteroatoms. The Hall–Kier alpha value is -4.00. The quantitative estimate of drug-likeness (QED) is 0.473. The van der Waals surface area contributed by atoms with Crippen molar-refractivity contribution in [3.63, 3.8) is 0 Å². The molecule has 2 atom stereocenters. The van der Waals surface area contributed by atoms with Crippen LogP contribution in [0.3, 0.4) is 0 Å². The smallest absolute Gasteiger partial charge is 0.327 e. The molecule has 146 valence electrons. The first-order chi connectivity index (χ1) is 14.0. The summed E-state index contributed by atoms with van der Waals surface area (Å²) in [7, 11) is 0. The summed E-state index contributed by atoms with van der Waals surface area (Å²) in [6.45, 7) is 0. The molecule has 0 bridgehead atoms. The molecule has 0 aromatic heterocycles. The number of amides is 1. The Labute approximate surface area is 166 Å². The van der Waals surface area contributed by atoms with E-state index in [4.69, 9.17) is 0 Å². The van der Waals surface area contributed by atoms with Crippen molar-refractivity contribution in [1.29, 1.82) is 0 Å². The van der Waals surface area contributed by atoms with Gasteiger partial charge in [0.15, 0.2) is 0 Å². The molecule has 0 saturated heterocycles. The molecule has 0 heterocycles. The Morgan fingerprint density at radius 1 is 0.828 bits per heavy atom. The summed E-state index contributed by atoms with van der Waals surface area (Å²) < 4.78 is 0. The van der Waals surface area contributed by atoms with Crippen LogP contribution < -0.4 is 5.32 Å². The Morgan fingerprint density at radius 2 is 1.34 bits per heavy atom. The largest absolute Gasteiger partial charge is 0.480 e. The summed E-state index contributed by atoms with van der Waals surface area (Å²) >= 11 is 0. The molecular weight excluding hydrogens is 372 g/mol. The van der Waals surface area contributed by atoms with Crippen LogP contribution in [0.2, 0.25) is 0 Å². The minimum Gasteiger partial charge on any atom is -0.480 e. The maximum absolute atomic E-state index is 12.6. The predicted octanol–water partition coefficient (Wildman–Crippen LogP) is 3.61. The van der Waals surface area contributed by atoms with Crippen molar-refractivity contribution in [3.05, 3.63) is 112 Å². The summed E-state index contributed by atoms with van der Waals surface area (Å²) in [5.74, 6) is -2.45. The van der Waals surface area contributed by atoms with Crippen LogP contribution in [0, 0.1) is 10.1 Å². The number of hydrogen-bond acceptors (Lipinski definition) is 4. The molecule has 3 aromatic carbocycles. The van der Waals surface area contributed by atoms with Crippen molar-refractivity contribution in [1.82, 2.24) is 5.32 Å². The van der Waals surface area contributed by atoms with Gasteiger partial charge in [-0.15, -0.1) is 0 Å². The van der Waals surface area contributed by atoms with Crippen LogP contribution in [-0.4, -0.2) is 27.9 Å². The molecule has 2 N–H and O–H groups in total. The molecule has 29 heavy (non-hydrogen) atoms. The zero-order valence-electron chi connectivity index (χ0n) is 15.3. The number of rotatable bonds is 7. The van der Waals surface area contributed by atoms with Crippen LogP contribution in [0.25, 0.3) is 0 Å². The number of nitrogens with zero attached hydrogens (tertiary/aromatic N) is 1. The van der Waals surface area contributed by atoms with Gasteiger partial charge < -0.3 is 10.4 Å². The van der Waals surface area contributed by atoms with Gasteiger partial charge in [0.05, 0.1) is 4.92 Å². The predicted molar refractivity (Wildman–Crippen MR) is 107 cm³/mol. The third kappa shape index (κ3) is 4.65. The molecular formula is C22H18N2O5. The van der Waals surface area contributed by atoms with E-state index in [1.807, 2.05) is 0 Å².